The van der Waals surface area contributed by atoms with Crippen molar-refractivity contribution in [3.63, 3.8) is 0 Å². The number of hydrogen-bond acceptors (Lipinski definition) is 6. The van der Waals surface area contributed by atoms with Crippen molar-refractivity contribution in [3.05, 3.63) is 30.3 Å². The quantitative estimate of drug-likeness (QED) is 0.173. The van der Waals surface area contributed by atoms with E-state index in [9.17, 15) is 0 Å². The maximum absolute atomic E-state index is 6.57. The van der Waals surface area contributed by atoms with Crippen molar-refractivity contribution < 1.29 is 23.8 Å². The predicted octanol–water partition coefficient (Wildman–Crippen LogP) is 8.09. The number of piperidine rings is 1. The van der Waals surface area contributed by atoms with E-state index in [0.29, 0.717) is 12.7 Å². The van der Waals surface area contributed by atoms with Crippen LogP contribution in [-0.2, 0) is 19.0 Å². The first-order valence-corrected chi connectivity index (χ1v) is 15.6. The number of hydroxylamine groups is 2. The maximum atomic E-state index is 6.57. The first-order valence-electron chi connectivity index (χ1n) is 15.6. The van der Waals surface area contributed by atoms with Crippen molar-refractivity contribution in [1.29, 1.82) is 0 Å². The van der Waals surface area contributed by atoms with Gasteiger partial charge in [0.25, 0.3) is 0 Å². The summed E-state index contributed by atoms with van der Waals surface area (Å²) in [5.74, 6) is 0.470. The lowest BCUT2D eigenvalue weighted by molar-refractivity contribution is -0.348. The molecule has 2 unspecified atom stereocenters. The molecule has 6 heteroatoms. The van der Waals surface area contributed by atoms with Crippen LogP contribution in [0.25, 0.3) is 0 Å². The van der Waals surface area contributed by atoms with Crippen molar-refractivity contribution in [1.82, 2.24) is 5.06 Å². The highest BCUT2D eigenvalue weighted by Crippen LogP contribution is 2.49. The van der Waals surface area contributed by atoms with Crippen LogP contribution in [0.3, 0.4) is 0 Å². The van der Waals surface area contributed by atoms with Gasteiger partial charge in [-0.3, -0.25) is 4.84 Å². The Kier molecular flexibility index (Phi) is 12.6. The highest BCUT2D eigenvalue weighted by atomic mass is 16.7. The molecule has 1 aromatic rings. The normalized spacial score (nSPS) is 24.9. The molecule has 3 saturated heterocycles. The number of para-hydroxylation sites is 1. The molecule has 3 aliphatic rings. The second kappa shape index (κ2) is 15.2. The minimum Gasteiger partial charge on any atom is -0.491 e. The Balaban J connectivity index is 0.000000314. The summed E-state index contributed by atoms with van der Waals surface area (Å²) < 4.78 is 23.3. The molecule has 3 heterocycles. The lowest BCUT2D eigenvalue weighted by Crippen LogP contribution is -2.66. The Labute approximate surface area is 239 Å². The Morgan fingerprint density at radius 1 is 0.846 bits per heavy atom. The van der Waals surface area contributed by atoms with Crippen molar-refractivity contribution in [2.75, 3.05) is 19.8 Å². The summed E-state index contributed by atoms with van der Waals surface area (Å²) in [7, 11) is 0. The zero-order valence-electron chi connectivity index (χ0n) is 26.0. The highest BCUT2D eigenvalue weighted by Gasteiger charge is 2.57. The predicted molar refractivity (Wildman–Crippen MR) is 158 cm³/mol. The zero-order chi connectivity index (χ0) is 28.4. The van der Waals surface area contributed by atoms with E-state index >= 15 is 0 Å². The van der Waals surface area contributed by atoms with Crippen LogP contribution in [0.15, 0.2) is 30.3 Å². The lowest BCUT2D eigenvalue weighted by atomic mass is 9.78. The standard InChI is InChI=1S/C24H47NO3.C9H10O2/c1-8-9-10-11-12-13-14-15-16-21-17-26-24(27-21)18-22(4,5)25(28-20(2)3)23(6,7)19-24;1-2-4-8(5-3-1)10-6-9-7-11-9/h20-21H,8-19H2,1-7H3;1-5,9H,6-7H2. The summed E-state index contributed by atoms with van der Waals surface area (Å²) in [5.41, 5.74) is -0.251. The molecular formula is C33H57NO5. The summed E-state index contributed by atoms with van der Waals surface area (Å²) in [5, 5.41) is 2.19. The maximum Gasteiger partial charge on any atom is 0.172 e. The SMILES string of the molecule is CCCCCCCCCCC1COC2(CC(C)(C)N(OC(C)C)C(C)(C)C2)O1.c1ccc(OCC2CO2)cc1. The van der Waals surface area contributed by atoms with Gasteiger partial charge in [-0.2, -0.15) is 5.06 Å². The van der Waals surface area contributed by atoms with E-state index in [4.69, 9.17) is 23.8 Å². The number of epoxide rings is 1. The molecule has 0 saturated carbocycles. The smallest absolute Gasteiger partial charge is 0.172 e. The molecule has 4 rings (SSSR count). The van der Waals surface area contributed by atoms with Crippen molar-refractivity contribution in [3.8, 4) is 5.75 Å². The Morgan fingerprint density at radius 3 is 2.00 bits per heavy atom. The average molecular weight is 548 g/mol. The second-order valence-corrected chi connectivity index (χ2v) is 13.2. The summed E-state index contributed by atoms with van der Waals surface area (Å²) in [6.45, 7) is 17.7. The molecule has 0 N–H and O–H groups in total. The van der Waals surface area contributed by atoms with Crippen LogP contribution < -0.4 is 4.74 Å². The van der Waals surface area contributed by atoms with Gasteiger partial charge in [0.05, 0.1) is 25.4 Å². The second-order valence-electron chi connectivity index (χ2n) is 13.2. The van der Waals surface area contributed by atoms with Crippen LogP contribution in [0.1, 0.15) is 119 Å². The van der Waals surface area contributed by atoms with E-state index in [0.717, 1.165) is 38.2 Å². The number of hydrogen-bond donors (Lipinski definition) is 0. The fraction of sp³-hybridized carbons (Fsp3) is 0.818. The van der Waals surface area contributed by atoms with Gasteiger partial charge in [0.2, 0.25) is 0 Å². The number of benzene rings is 1. The molecule has 0 bridgehead atoms. The van der Waals surface area contributed by atoms with E-state index in [1.807, 2.05) is 30.3 Å². The van der Waals surface area contributed by atoms with Gasteiger partial charge in [0, 0.05) is 23.9 Å². The van der Waals surface area contributed by atoms with Crippen LogP contribution in [0, 0.1) is 0 Å². The van der Waals surface area contributed by atoms with Gasteiger partial charge in [-0.1, -0.05) is 76.5 Å². The van der Waals surface area contributed by atoms with E-state index < -0.39 is 5.79 Å². The molecule has 39 heavy (non-hydrogen) atoms. The van der Waals surface area contributed by atoms with E-state index in [2.05, 4.69) is 53.5 Å². The molecule has 3 fully saturated rings. The molecule has 1 spiro atoms. The average Bonchev–Trinajstić information content (AvgIpc) is 3.63. The Morgan fingerprint density at radius 2 is 1.44 bits per heavy atom. The Hall–Kier alpha value is -1.18. The molecule has 224 valence electrons. The minimum atomic E-state index is -0.450. The topological polar surface area (TPSA) is 52.7 Å². The number of rotatable bonds is 14. The molecule has 2 atom stereocenters. The fourth-order valence-electron chi connectivity index (χ4n) is 6.16. The Bertz CT molecular complexity index is 790. The lowest BCUT2D eigenvalue weighted by Gasteiger charge is -2.56. The fourth-order valence-corrected chi connectivity index (χ4v) is 6.16. The molecule has 0 amide bonds. The third kappa shape index (κ3) is 11.0. The van der Waals surface area contributed by atoms with Gasteiger partial charge in [-0.15, -0.1) is 0 Å². The van der Waals surface area contributed by atoms with Crippen molar-refractivity contribution in [2.24, 2.45) is 0 Å². The minimum absolute atomic E-state index is 0.126. The van der Waals surface area contributed by atoms with Gasteiger partial charge in [-0.05, 0) is 60.1 Å². The van der Waals surface area contributed by atoms with Crippen LogP contribution in [-0.4, -0.2) is 60.1 Å². The first-order chi connectivity index (χ1) is 18.6. The molecule has 0 aliphatic carbocycles. The largest absolute Gasteiger partial charge is 0.491 e. The van der Waals surface area contributed by atoms with Crippen molar-refractivity contribution in [2.45, 2.75) is 154 Å². The van der Waals surface area contributed by atoms with Crippen LogP contribution >= 0.6 is 0 Å². The highest BCUT2D eigenvalue weighted by molar-refractivity contribution is 5.21. The third-order valence-corrected chi connectivity index (χ3v) is 7.69. The zero-order valence-corrected chi connectivity index (χ0v) is 26.0. The van der Waals surface area contributed by atoms with E-state index in [1.54, 1.807) is 0 Å². The number of ether oxygens (including phenoxy) is 4. The monoisotopic (exact) mass is 547 g/mol. The van der Waals surface area contributed by atoms with E-state index in [1.165, 1.54) is 51.4 Å². The summed E-state index contributed by atoms with van der Waals surface area (Å²) in [4.78, 5) is 6.20. The summed E-state index contributed by atoms with van der Waals surface area (Å²) in [6.07, 6.45) is 14.5. The molecule has 3 aliphatic heterocycles. The van der Waals surface area contributed by atoms with Crippen molar-refractivity contribution >= 4 is 0 Å². The van der Waals surface area contributed by atoms with Gasteiger partial charge in [-0.25, -0.2) is 0 Å². The third-order valence-electron chi connectivity index (χ3n) is 7.69. The van der Waals surface area contributed by atoms with Crippen LogP contribution in [0.2, 0.25) is 0 Å². The van der Waals surface area contributed by atoms with Crippen LogP contribution in [0.5, 0.6) is 5.75 Å². The molecule has 6 nitrogen and oxygen atoms in total. The van der Waals surface area contributed by atoms with E-state index in [-0.39, 0.29) is 23.3 Å². The molecule has 0 radical (unpaired) electrons. The van der Waals surface area contributed by atoms with Crippen LogP contribution in [0.4, 0.5) is 0 Å². The van der Waals surface area contributed by atoms with Gasteiger partial charge < -0.3 is 18.9 Å². The first kappa shape index (κ1) is 32.3. The number of nitrogens with zero attached hydrogens (tertiary/aromatic N) is 1. The van der Waals surface area contributed by atoms with Gasteiger partial charge in [0.1, 0.15) is 18.5 Å². The van der Waals surface area contributed by atoms with Gasteiger partial charge in [0.15, 0.2) is 5.79 Å². The summed E-state index contributed by atoms with van der Waals surface area (Å²) >= 11 is 0. The molecule has 0 aromatic heterocycles. The van der Waals surface area contributed by atoms with Gasteiger partial charge >= 0.3 is 0 Å². The molecular weight excluding hydrogens is 490 g/mol. The number of unbranched alkanes of at least 4 members (excludes halogenated alkanes) is 7. The molecule has 1 aromatic carbocycles. The summed E-state index contributed by atoms with van der Waals surface area (Å²) in [6, 6.07) is 9.79.